The van der Waals surface area contributed by atoms with Gasteiger partial charge in [0.05, 0.1) is 0 Å². The Balaban J connectivity index is 2.08. The van der Waals surface area contributed by atoms with Gasteiger partial charge in [0.1, 0.15) is 0 Å². The fraction of sp³-hybridized carbons (Fsp3) is 0.667. The van der Waals surface area contributed by atoms with Crippen molar-refractivity contribution in [1.29, 1.82) is 0 Å². The fourth-order valence-electron chi connectivity index (χ4n) is 3.08. The van der Waals surface area contributed by atoms with Crippen LogP contribution in [0.3, 0.4) is 0 Å². The molecule has 0 N–H and O–H groups in total. The number of hydrogen-bond acceptors (Lipinski definition) is 1. The van der Waals surface area contributed by atoms with Gasteiger partial charge >= 0.3 is 0 Å². The Morgan fingerprint density at radius 3 is 2.55 bits per heavy atom. The first-order valence-electron chi connectivity index (χ1n) is 8.10. The SMILES string of the molecule is CCCCC[C@H]1[C@H](Cl)CCS[C@@H]1c1ccc(CC)cc1. The average molecular weight is 311 g/mol. The molecule has 0 nitrogen and oxygen atoms in total. The van der Waals surface area contributed by atoms with E-state index in [1.807, 2.05) is 0 Å². The third-order valence-corrected chi connectivity index (χ3v) is 6.40. The second-order valence-corrected chi connectivity index (χ2v) is 7.66. The molecule has 0 bridgehead atoms. The van der Waals surface area contributed by atoms with Gasteiger partial charge in [-0.15, -0.1) is 11.6 Å². The molecule has 2 rings (SSSR count). The molecule has 0 spiro atoms. The molecule has 1 aromatic carbocycles. The standard InChI is InChI=1S/C18H27ClS/c1-3-5-6-7-16-17(19)12-13-20-18(16)15-10-8-14(4-2)9-11-15/h8-11,16-18H,3-7,12-13H2,1-2H3/t16-,17+,18+/m0/s1. The van der Waals surface area contributed by atoms with E-state index in [1.165, 1.54) is 49.0 Å². The number of unbranched alkanes of at least 4 members (excludes halogenated alkanes) is 2. The van der Waals surface area contributed by atoms with E-state index in [1.54, 1.807) is 0 Å². The summed E-state index contributed by atoms with van der Waals surface area (Å²) in [6.07, 6.45) is 7.54. The Morgan fingerprint density at radius 1 is 1.15 bits per heavy atom. The molecule has 1 heterocycles. The van der Waals surface area contributed by atoms with Crippen LogP contribution in [0.5, 0.6) is 0 Å². The van der Waals surface area contributed by atoms with Gasteiger partial charge in [0.25, 0.3) is 0 Å². The van der Waals surface area contributed by atoms with Crippen molar-refractivity contribution in [2.24, 2.45) is 5.92 Å². The van der Waals surface area contributed by atoms with Gasteiger partial charge in [-0.2, -0.15) is 11.8 Å². The van der Waals surface area contributed by atoms with E-state index in [0.717, 1.165) is 6.42 Å². The van der Waals surface area contributed by atoms with Gasteiger partial charge in [-0.05, 0) is 42.1 Å². The van der Waals surface area contributed by atoms with E-state index in [9.17, 15) is 0 Å². The molecule has 0 radical (unpaired) electrons. The predicted molar refractivity (Wildman–Crippen MR) is 92.9 cm³/mol. The Labute approximate surface area is 133 Å². The molecule has 1 aromatic rings. The second-order valence-electron chi connectivity index (χ2n) is 5.85. The molecule has 1 aliphatic heterocycles. The largest absolute Gasteiger partial charge is 0.153 e. The van der Waals surface area contributed by atoms with Crippen molar-refractivity contribution in [2.75, 3.05) is 5.75 Å². The molecule has 0 aromatic heterocycles. The van der Waals surface area contributed by atoms with E-state index >= 15 is 0 Å². The molecule has 112 valence electrons. The lowest BCUT2D eigenvalue weighted by molar-refractivity contribution is 0.412. The van der Waals surface area contributed by atoms with Crippen LogP contribution in [-0.2, 0) is 6.42 Å². The summed E-state index contributed by atoms with van der Waals surface area (Å²) in [7, 11) is 0. The lowest BCUT2D eigenvalue weighted by atomic mass is 9.88. The summed E-state index contributed by atoms with van der Waals surface area (Å²) in [5, 5.41) is 0.970. The van der Waals surface area contributed by atoms with Crippen LogP contribution in [0.1, 0.15) is 62.3 Å². The molecule has 1 aliphatic rings. The number of halogens is 1. The Bertz CT molecular complexity index is 387. The summed E-state index contributed by atoms with van der Waals surface area (Å²) < 4.78 is 0. The van der Waals surface area contributed by atoms with Crippen LogP contribution in [0, 0.1) is 5.92 Å². The quantitative estimate of drug-likeness (QED) is 0.443. The van der Waals surface area contributed by atoms with Crippen LogP contribution in [0.15, 0.2) is 24.3 Å². The van der Waals surface area contributed by atoms with E-state index in [2.05, 4.69) is 49.9 Å². The van der Waals surface area contributed by atoms with Crippen molar-refractivity contribution in [3.8, 4) is 0 Å². The Hall–Kier alpha value is -0.140. The molecule has 0 saturated carbocycles. The summed E-state index contributed by atoms with van der Waals surface area (Å²) in [5.41, 5.74) is 2.92. The molecule has 20 heavy (non-hydrogen) atoms. The summed E-state index contributed by atoms with van der Waals surface area (Å²) in [4.78, 5) is 0. The zero-order chi connectivity index (χ0) is 14.4. The van der Waals surface area contributed by atoms with Crippen LogP contribution in [-0.4, -0.2) is 11.1 Å². The fourth-order valence-corrected chi connectivity index (χ4v) is 5.25. The topological polar surface area (TPSA) is 0 Å². The lowest BCUT2D eigenvalue weighted by Gasteiger charge is -2.35. The van der Waals surface area contributed by atoms with E-state index in [-0.39, 0.29) is 0 Å². The second kappa shape index (κ2) is 8.34. The number of benzene rings is 1. The van der Waals surface area contributed by atoms with Crippen LogP contribution >= 0.6 is 23.4 Å². The molecule has 3 atom stereocenters. The molecule has 0 amide bonds. The van der Waals surface area contributed by atoms with Crippen molar-refractivity contribution in [1.82, 2.24) is 0 Å². The van der Waals surface area contributed by atoms with Gasteiger partial charge in [-0.3, -0.25) is 0 Å². The third-order valence-electron chi connectivity index (χ3n) is 4.40. The molecule has 1 fully saturated rings. The van der Waals surface area contributed by atoms with E-state index in [0.29, 0.717) is 16.5 Å². The molecule has 0 unspecified atom stereocenters. The van der Waals surface area contributed by atoms with Crippen LogP contribution in [0.2, 0.25) is 0 Å². The summed E-state index contributed by atoms with van der Waals surface area (Å²) >= 11 is 8.77. The van der Waals surface area contributed by atoms with Gasteiger partial charge in [-0.25, -0.2) is 0 Å². The third kappa shape index (κ3) is 4.18. The van der Waals surface area contributed by atoms with Crippen LogP contribution < -0.4 is 0 Å². The zero-order valence-electron chi connectivity index (χ0n) is 12.8. The maximum absolute atomic E-state index is 6.65. The van der Waals surface area contributed by atoms with Gasteiger partial charge in [-0.1, -0.05) is 57.4 Å². The number of aryl methyl sites for hydroxylation is 1. The number of alkyl halides is 1. The lowest BCUT2D eigenvalue weighted by Crippen LogP contribution is -2.26. The van der Waals surface area contributed by atoms with E-state index in [4.69, 9.17) is 11.6 Å². The van der Waals surface area contributed by atoms with Gasteiger partial charge < -0.3 is 0 Å². The van der Waals surface area contributed by atoms with E-state index < -0.39 is 0 Å². The van der Waals surface area contributed by atoms with Crippen molar-refractivity contribution in [3.63, 3.8) is 0 Å². The first kappa shape index (κ1) is 16.2. The van der Waals surface area contributed by atoms with Gasteiger partial charge in [0.2, 0.25) is 0 Å². The van der Waals surface area contributed by atoms with Crippen molar-refractivity contribution < 1.29 is 0 Å². The minimum Gasteiger partial charge on any atom is -0.153 e. The molecular weight excluding hydrogens is 284 g/mol. The highest BCUT2D eigenvalue weighted by Gasteiger charge is 2.33. The molecule has 0 aliphatic carbocycles. The number of rotatable bonds is 6. The normalized spacial score (nSPS) is 26.6. The van der Waals surface area contributed by atoms with Gasteiger partial charge in [0.15, 0.2) is 0 Å². The average Bonchev–Trinajstić information content (AvgIpc) is 2.49. The first-order valence-corrected chi connectivity index (χ1v) is 9.59. The monoisotopic (exact) mass is 310 g/mol. The minimum absolute atomic E-state index is 0.365. The first-order chi connectivity index (χ1) is 9.76. The smallest absolute Gasteiger partial charge is 0.0385 e. The minimum atomic E-state index is 0.365. The summed E-state index contributed by atoms with van der Waals surface area (Å²) in [6, 6.07) is 9.24. The Kier molecular flexibility index (Phi) is 6.77. The number of hydrogen-bond donors (Lipinski definition) is 0. The predicted octanol–water partition coefficient (Wildman–Crippen LogP) is 6.23. The summed E-state index contributed by atoms with van der Waals surface area (Å²) in [5.74, 6) is 1.85. The highest BCUT2D eigenvalue weighted by atomic mass is 35.5. The maximum atomic E-state index is 6.65. The van der Waals surface area contributed by atoms with Gasteiger partial charge in [0, 0.05) is 10.6 Å². The highest BCUT2D eigenvalue weighted by Crippen LogP contribution is 2.46. The van der Waals surface area contributed by atoms with Crippen molar-refractivity contribution >= 4 is 23.4 Å². The van der Waals surface area contributed by atoms with Crippen LogP contribution in [0.25, 0.3) is 0 Å². The highest BCUT2D eigenvalue weighted by molar-refractivity contribution is 7.99. The molecule has 1 saturated heterocycles. The number of thioether (sulfide) groups is 1. The van der Waals surface area contributed by atoms with Crippen molar-refractivity contribution in [3.05, 3.63) is 35.4 Å². The summed E-state index contributed by atoms with van der Waals surface area (Å²) in [6.45, 7) is 4.49. The Morgan fingerprint density at radius 2 is 1.90 bits per heavy atom. The maximum Gasteiger partial charge on any atom is 0.0385 e. The molecular formula is C18H27ClS. The van der Waals surface area contributed by atoms with Crippen molar-refractivity contribution in [2.45, 2.75) is 63.0 Å². The zero-order valence-corrected chi connectivity index (χ0v) is 14.3. The molecule has 2 heteroatoms. The van der Waals surface area contributed by atoms with Crippen LogP contribution in [0.4, 0.5) is 0 Å².